The van der Waals surface area contributed by atoms with Gasteiger partial charge in [0.15, 0.2) is 0 Å². The fourth-order valence-corrected chi connectivity index (χ4v) is 1.86. The summed E-state index contributed by atoms with van der Waals surface area (Å²) in [6.45, 7) is 6.57. The summed E-state index contributed by atoms with van der Waals surface area (Å²) < 4.78 is 0. The Bertz CT molecular complexity index is 204. The van der Waals surface area contributed by atoms with Crippen molar-refractivity contribution in [1.29, 1.82) is 5.26 Å². The van der Waals surface area contributed by atoms with Gasteiger partial charge in [0.2, 0.25) is 0 Å². The van der Waals surface area contributed by atoms with E-state index >= 15 is 0 Å². The van der Waals surface area contributed by atoms with Crippen LogP contribution in [0.4, 0.5) is 0 Å². The molecule has 2 unspecified atom stereocenters. The standard InChI is InChI=1S/C10H16N2/c1-3-6-12-10(8-11)5-4-9(2)7-10/h3,9,12H,1,4-7H2,2H3. The molecule has 0 saturated heterocycles. The molecular formula is C10H16N2. The zero-order chi connectivity index (χ0) is 9.03. The molecule has 1 rings (SSSR count). The molecule has 0 radical (unpaired) electrons. The zero-order valence-electron chi connectivity index (χ0n) is 7.64. The summed E-state index contributed by atoms with van der Waals surface area (Å²) in [5.74, 6) is 0.682. The predicted molar refractivity (Wildman–Crippen MR) is 49.6 cm³/mol. The fourth-order valence-electron chi connectivity index (χ4n) is 1.86. The van der Waals surface area contributed by atoms with Crippen LogP contribution < -0.4 is 5.32 Å². The number of rotatable bonds is 3. The first-order chi connectivity index (χ1) is 5.72. The average Bonchev–Trinajstić information content (AvgIpc) is 2.45. The second-order valence-corrected chi connectivity index (χ2v) is 3.71. The number of nitrogens with zero attached hydrogens (tertiary/aromatic N) is 1. The van der Waals surface area contributed by atoms with Crippen LogP contribution in [0.1, 0.15) is 26.2 Å². The van der Waals surface area contributed by atoms with E-state index < -0.39 is 0 Å². The lowest BCUT2D eigenvalue weighted by atomic mass is 9.98. The van der Waals surface area contributed by atoms with E-state index in [4.69, 9.17) is 5.26 Å². The molecule has 12 heavy (non-hydrogen) atoms. The molecule has 0 spiro atoms. The maximum absolute atomic E-state index is 9.01. The van der Waals surface area contributed by atoms with Crippen molar-refractivity contribution in [1.82, 2.24) is 5.32 Å². The van der Waals surface area contributed by atoms with Crippen LogP contribution in [0, 0.1) is 17.2 Å². The van der Waals surface area contributed by atoms with Crippen LogP contribution in [0.15, 0.2) is 12.7 Å². The minimum Gasteiger partial charge on any atom is -0.296 e. The van der Waals surface area contributed by atoms with Crippen molar-refractivity contribution in [2.24, 2.45) is 5.92 Å². The third-order valence-corrected chi connectivity index (χ3v) is 2.56. The lowest BCUT2D eigenvalue weighted by Gasteiger charge is -2.21. The van der Waals surface area contributed by atoms with Crippen molar-refractivity contribution in [2.45, 2.75) is 31.7 Å². The lowest BCUT2D eigenvalue weighted by Crippen LogP contribution is -2.41. The van der Waals surface area contributed by atoms with E-state index in [0.29, 0.717) is 5.92 Å². The van der Waals surface area contributed by atoms with Gasteiger partial charge >= 0.3 is 0 Å². The van der Waals surface area contributed by atoms with Crippen molar-refractivity contribution in [3.8, 4) is 6.07 Å². The van der Waals surface area contributed by atoms with E-state index in [-0.39, 0.29) is 5.54 Å². The van der Waals surface area contributed by atoms with Gasteiger partial charge in [-0.1, -0.05) is 13.0 Å². The zero-order valence-corrected chi connectivity index (χ0v) is 7.64. The Hall–Kier alpha value is -0.810. The number of hydrogen-bond donors (Lipinski definition) is 1. The predicted octanol–water partition coefficient (Wildman–Crippen LogP) is 1.84. The summed E-state index contributed by atoms with van der Waals surface area (Å²) in [7, 11) is 0. The smallest absolute Gasteiger partial charge is 0.107 e. The number of hydrogen-bond acceptors (Lipinski definition) is 2. The normalized spacial score (nSPS) is 34.5. The Balaban J connectivity index is 2.53. The lowest BCUT2D eigenvalue weighted by molar-refractivity contribution is 0.428. The van der Waals surface area contributed by atoms with Gasteiger partial charge in [0.05, 0.1) is 6.07 Å². The Kier molecular flexibility index (Phi) is 2.88. The van der Waals surface area contributed by atoms with Crippen molar-refractivity contribution in [3.05, 3.63) is 12.7 Å². The molecule has 0 aromatic carbocycles. The molecule has 2 nitrogen and oxygen atoms in total. The Morgan fingerprint density at radius 1 is 1.83 bits per heavy atom. The third kappa shape index (κ3) is 1.86. The van der Waals surface area contributed by atoms with Crippen LogP contribution >= 0.6 is 0 Å². The molecule has 0 aliphatic heterocycles. The van der Waals surface area contributed by atoms with E-state index in [1.165, 1.54) is 0 Å². The molecule has 1 saturated carbocycles. The van der Waals surface area contributed by atoms with Crippen LogP contribution in [0.25, 0.3) is 0 Å². The molecular weight excluding hydrogens is 148 g/mol. The van der Waals surface area contributed by atoms with Crippen molar-refractivity contribution < 1.29 is 0 Å². The van der Waals surface area contributed by atoms with Crippen molar-refractivity contribution in [3.63, 3.8) is 0 Å². The van der Waals surface area contributed by atoms with Crippen LogP contribution in [0.2, 0.25) is 0 Å². The van der Waals surface area contributed by atoms with Gasteiger partial charge in [-0.3, -0.25) is 5.32 Å². The summed E-state index contributed by atoms with van der Waals surface area (Å²) in [5.41, 5.74) is -0.256. The molecule has 2 heteroatoms. The molecule has 0 aromatic heterocycles. The Morgan fingerprint density at radius 3 is 3.00 bits per heavy atom. The number of nitriles is 1. The monoisotopic (exact) mass is 164 g/mol. The van der Waals surface area contributed by atoms with Crippen molar-refractivity contribution >= 4 is 0 Å². The van der Waals surface area contributed by atoms with Gasteiger partial charge in [-0.15, -0.1) is 6.58 Å². The minimum absolute atomic E-state index is 0.256. The van der Waals surface area contributed by atoms with E-state index in [2.05, 4.69) is 24.9 Å². The highest BCUT2D eigenvalue weighted by molar-refractivity contribution is 5.11. The fraction of sp³-hybridized carbons (Fsp3) is 0.700. The summed E-state index contributed by atoms with van der Waals surface area (Å²) >= 11 is 0. The van der Waals surface area contributed by atoms with Gasteiger partial charge in [-0.2, -0.15) is 5.26 Å². The topological polar surface area (TPSA) is 35.8 Å². The van der Waals surface area contributed by atoms with Gasteiger partial charge < -0.3 is 0 Å². The highest BCUT2D eigenvalue weighted by atomic mass is 15.0. The van der Waals surface area contributed by atoms with E-state index in [1.54, 1.807) is 0 Å². The first-order valence-electron chi connectivity index (χ1n) is 4.49. The van der Waals surface area contributed by atoms with Crippen molar-refractivity contribution in [2.75, 3.05) is 6.54 Å². The second kappa shape index (κ2) is 3.73. The quantitative estimate of drug-likeness (QED) is 0.646. The van der Waals surface area contributed by atoms with Crippen LogP contribution in [-0.4, -0.2) is 12.1 Å². The molecule has 66 valence electrons. The molecule has 0 bridgehead atoms. The largest absolute Gasteiger partial charge is 0.296 e. The van der Waals surface area contributed by atoms with E-state index in [0.717, 1.165) is 25.8 Å². The highest BCUT2D eigenvalue weighted by Gasteiger charge is 2.36. The second-order valence-electron chi connectivity index (χ2n) is 3.71. The molecule has 0 heterocycles. The molecule has 0 aromatic rings. The van der Waals surface area contributed by atoms with Gasteiger partial charge in [0.25, 0.3) is 0 Å². The maximum Gasteiger partial charge on any atom is 0.107 e. The van der Waals surface area contributed by atoms with Crippen LogP contribution in [0.3, 0.4) is 0 Å². The average molecular weight is 164 g/mol. The molecule has 1 aliphatic carbocycles. The van der Waals surface area contributed by atoms with E-state index in [9.17, 15) is 0 Å². The summed E-state index contributed by atoms with van der Waals surface area (Å²) in [6, 6.07) is 2.38. The summed E-state index contributed by atoms with van der Waals surface area (Å²) in [4.78, 5) is 0. The van der Waals surface area contributed by atoms with E-state index in [1.807, 2.05) is 6.08 Å². The van der Waals surface area contributed by atoms with Gasteiger partial charge in [0, 0.05) is 6.54 Å². The molecule has 1 aliphatic rings. The number of nitrogens with one attached hydrogen (secondary N) is 1. The highest BCUT2D eigenvalue weighted by Crippen LogP contribution is 2.33. The third-order valence-electron chi connectivity index (χ3n) is 2.56. The SMILES string of the molecule is C=CCNC1(C#N)CCC(C)C1. The van der Waals surface area contributed by atoms with Gasteiger partial charge in [-0.05, 0) is 25.2 Å². The van der Waals surface area contributed by atoms with Gasteiger partial charge in [-0.25, -0.2) is 0 Å². The van der Waals surface area contributed by atoms with Gasteiger partial charge in [0.1, 0.15) is 5.54 Å². The van der Waals surface area contributed by atoms with Crippen LogP contribution in [-0.2, 0) is 0 Å². The maximum atomic E-state index is 9.01. The molecule has 2 atom stereocenters. The molecule has 0 amide bonds. The first kappa shape index (κ1) is 9.28. The minimum atomic E-state index is -0.256. The summed E-state index contributed by atoms with van der Waals surface area (Å²) in [5, 5.41) is 12.3. The first-order valence-corrected chi connectivity index (χ1v) is 4.49. The van der Waals surface area contributed by atoms with Crippen LogP contribution in [0.5, 0.6) is 0 Å². The molecule has 1 N–H and O–H groups in total. The Morgan fingerprint density at radius 2 is 2.58 bits per heavy atom. The summed E-state index contributed by atoms with van der Waals surface area (Å²) in [6.07, 6.45) is 4.94. The molecule has 1 fully saturated rings. The Labute approximate surface area is 74.3 Å².